The van der Waals surface area contributed by atoms with E-state index in [1.807, 2.05) is 6.92 Å². The Morgan fingerprint density at radius 2 is 2.30 bits per heavy atom. The lowest BCUT2D eigenvalue weighted by Crippen LogP contribution is -2.45. The Kier molecular flexibility index (Phi) is 5.42. The number of sulfone groups is 1. The molecule has 1 aliphatic heterocycles. The highest BCUT2D eigenvalue weighted by Crippen LogP contribution is 2.24. The average molecular weight is 343 g/mol. The van der Waals surface area contributed by atoms with E-state index in [0.717, 1.165) is 5.56 Å². The predicted molar refractivity (Wildman–Crippen MR) is 85.4 cm³/mol. The molecule has 2 amide bonds. The average Bonchev–Trinajstić information content (AvgIpc) is 2.84. The fraction of sp³-hybridized carbons (Fsp3) is 0.571. The van der Waals surface area contributed by atoms with Crippen LogP contribution in [0, 0.1) is 6.92 Å². The van der Waals surface area contributed by atoms with Gasteiger partial charge >= 0.3 is 6.03 Å². The molecule has 1 fully saturated rings. The second-order valence-electron chi connectivity index (χ2n) is 5.47. The van der Waals surface area contributed by atoms with E-state index in [-0.39, 0.29) is 30.5 Å². The van der Waals surface area contributed by atoms with Crippen LogP contribution in [0.1, 0.15) is 12.0 Å². The molecule has 0 aliphatic carbocycles. The summed E-state index contributed by atoms with van der Waals surface area (Å²) in [6.45, 7) is 1.65. The minimum absolute atomic E-state index is 0.0577. The number of rotatable bonds is 5. The molecule has 9 heteroatoms. The summed E-state index contributed by atoms with van der Waals surface area (Å²) in [6, 6.07) is 0.800. The first-order chi connectivity index (χ1) is 10.9. The molecule has 2 N–H and O–H groups in total. The van der Waals surface area contributed by atoms with Gasteiger partial charge in [-0.25, -0.2) is 18.2 Å². The highest BCUT2D eigenvalue weighted by Gasteiger charge is 2.34. The third kappa shape index (κ3) is 4.32. The van der Waals surface area contributed by atoms with Crippen molar-refractivity contribution in [2.24, 2.45) is 0 Å². The SMILES string of the molecule is COc1ncc(C)cc1NC(=O)N(CCO)C1CCS(=O)(=O)C1. The molecule has 1 unspecified atom stereocenters. The predicted octanol–water partition coefficient (Wildman–Crippen LogP) is 0.412. The fourth-order valence-corrected chi connectivity index (χ4v) is 4.31. The number of aliphatic hydroxyl groups excluding tert-OH is 1. The molecule has 0 saturated carbocycles. The Labute approximate surface area is 135 Å². The molecule has 0 aromatic carbocycles. The Balaban J connectivity index is 2.17. The molecule has 0 bridgehead atoms. The topological polar surface area (TPSA) is 109 Å². The van der Waals surface area contributed by atoms with Crippen LogP contribution in [0.4, 0.5) is 10.5 Å². The van der Waals surface area contributed by atoms with E-state index in [0.29, 0.717) is 12.1 Å². The van der Waals surface area contributed by atoms with Crippen LogP contribution in [0.2, 0.25) is 0 Å². The minimum Gasteiger partial charge on any atom is -0.480 e. The van der Waals surface area contributed by atoms with Crippen molar-refractivity contribution in [3.05, 3.63) is 17.8 Å². The Bertz CT molecular complexity index is 677. The zero-order valence-electron chi connectivity index (χ0n) is 13.2. The number of hydrogen-bond acceptors (Lipinski definition) is 6. The lowest BCUT2D eigenvalue weighted by atomic mass is 10.2. The van der Waals surface area contributed by atoms with Crippen LogP contribution < -0.4 is 10.1 Å². The summed E-state index contributed by atoms with van der Waals surface area (Å²) in [5.74, 6) is 0.248. The Hall–Kier alpha value is -1.87. The van der Waals surface area contributed by atoms with Crippen molar-refractivity contribution in [1.29, 1.82) is 0 Å². The van der Waals surface area contributed by atoms with Crippen LogP contribution in [-0.2, 0) is 9.84 Å². The number of ether oxygens (including phenoxy) is 1. The molecule has 1 aromatic rings. The van der Waals surface area contributed by atoms with Gasteiger partial charge in [-0.1, -0.05) is 0 Å². The molecule has 0 spiro atoms. The molecular weight excluding hydrogens is 322 g/mol. The monoisotopic (exact) mass is 343 g/mol. The van der Waals surface area contributed by atoms with Gasteiger partial charge in [0, 0.05) is 18.8 Å². The Morgan fingerprint density at radius 3 is 2.87 bits per heavy atom. The smallest absolute Gasteiger partial charge is 0.322 e. The summed E-state index contributed by atoms with van der Waals surface area (Å²) < 4.78 is 28.4. The van der Waals surface area contributed by atoms with E-state index >= 15 is 0 Å². The number of aromatic nitrogens is 1. The third-order valence-electron chi connectivity index (χ3n) is 3.67. The number of aryl methyl sites for hydroxylation is 1. The number of carbonyl (C=O) groups excluding carboxylic acids is 1. The third-order valence-corrected chi connectivity index (χ3v) is 5.42. The van der Waals surface area contributed by atoms with E-state index in [9.17, 15) is 18.3 Å². The zero-order valence-corrected chi connectivity index (χ0v) is 14.0. The summed E-state index contributed by atoms with van der Waals surface area (Å²) in [6.07, 6.45) is 1.99. The molecular formula is C14H21N3O5S. The van der Waals surface area contributed by atoms with Crippen LogP contribution in [0.3, 0.4) is 0 Å². The number of pyridine rings is 1. The molecule has 1 atom stereocenters. The maximum absolute atomic E-state index is 12.5. The van der Waals surface area contributed by atoms with E-state index < -0.39 is 21.9 Å². The van der Waals surface area contributed by atoms with Crippen LogP contribution in [0.5, 0.6) is 5.88 Å². The number of urea groups is 1. The van der Waals surface area contributed by atoms with Gasteiger partial charge in [0.1, 0.15) is 5.69 Å². The van der Waals surface area contributed by atoms with Crippen molar-refractivity contribution in [2.45, 2.75) is 19.4 Å². The molecule has 23 heavy (non-hydrogen) atoms. The van der Waals surface area contributed by atoms with Gasteiger partial charge in [0.05, 0.1) is 25.2 Å². The minimum atomic E-state index is -3.13. The highest BCUT2D eigenvalue weighted by molar-refractivity contribution is 7.91. The second-order valence-corrected chi connectivity index (χ2v) is 7.70. The first-order valence-corrected chi connectivity index (χ1v) is 9.08. The molecule has 1 saturated heterocycles. The van der Waals surface area contributed by atoms with Crippen molar-refractivity contribution in [3.8, 4) is 5.88 Å². The number of nitrogens with one attached hydrogen (secondary N) is 1. The van der Waals surface area contributed by atoms with E-state index in [1.165, 1.54) is 12.0 Å². The molecule has 8 nitrogen and oxygen atoms in total. The van der Waals surface area contributed by atoms with Gasteiger partial charge in [-0.05, 0) is 25.0 Å². The second kappa shape index (κ2) is 7.14. The van der Waals surface area contributed by atoms with Gasteiger partial charge in [0.15, 0.2) is 9.84 Å². The maximum Gasteiger partial charge on any atom is 0.322 e. The number of anilines is 1. The number of carbonyl (C=O) groups is 1. The fourth-order valence-electron chi connectivity index (χ4n) is 2.57. The lowest BCUT2D eigenvalue weighted by molar-refractivity contribution is 0.168. The van der Waals surface area contributed by atoms with Gasteiger partial charge in [-0.3, -0.25) is 0 Å². The quantitative estimate of drug-likeness (QED) is 0.802. The van der Waals surface area contributed by atoms with E-state index in [4.69, 9.17) is 4.74 Å². The van der Waals surface area contributed by atoms with Crippen molar-refractivity contribution in [3.63, 3.8) is 0 Å². The van der Waals surface area contributed by atoms with Crippen molar-refractivity contribution >= 4 is 21.6 Å². The van der Waals surface area contributed by atoms with Crippen molar-refractivity contribution in [1.82, 2.24) is 9.88 Å². The summed E-state index contributed by atoms with van der Waals surface area (Å²) in [7, 11) is -1.68. The van der Waals surface area contributed by atoms with Gasteiger partial charge in [0.25, 0.3) is 0 Å². The summed E-state index contributed by atoms with van der Waals surface area (Å²) in [4.78, 5) is 17.9. The molecule has 2 heterocycles. The normalized spacial score (nSPS) is 19.3. The Morgan fingerprint density at radius 1 is 1.57 bits per heavy atom. The van der Waals surface area contributed by atoms with E-state index in [1.54, 1.807) is 12.3 Å². The van der Waals surface area contributed by atoms with Crippen LogP contribution in [0.25, 0.3) is 0 Å². The lowest BCUT2D eigenvalue weighted by Gasteiger charge is -2.27. The van der Waals surface area contributed by atoms with Crippen LogP contribution in [-0.4, -0.2) is 67.2 Å². The van der Waals surface area contributed by atoms with Crippen molar-refractivity contribution in [2.75, 3.05) is 37.1 Å². The van der Waals surface area contributed by atoms with Crippen LogP contribution >= 0.6 is 0 Å². The highest BCUT2D eigenvalue weighted by atomic mass is 32.2. The van der Waals surface area contributed by atoms with E-state index in [2.05, 4.69) is 10.3 Å². The summed E-state index contributed by atoms with van der Waals surface area (Å²) in [5, 5.41) is 11.9. The molecule has 128 valence electrons. The number of amides is 2. The number of hydrogen-bond donors (Lipinski definition) is 2. The first kappa shape index (κ1) is 17.5. The standard InChI is InChI=1S/C14H21N3O5S/c1-10-7-12(13(22-2)15-8-10)16-14(19)17(4-5-18)11-3-6-23(20,21)9-11/h7-8,11,18H,3-6,9H2,1-2H3,(H,16,19). The molecule has 1 aromatic heterocycles. The summed E-state index contributed by atoms with van der Waals surface area (Å²) >= 11 is 0. The van der Waals surface area contributed by atoms with Gasteiger partial charge in [-0.2, -0.15) is 0 Å². The molecule has 2 rings (SSSR count). The largest absolute Gasteiger partial charge is 0.480 e. The maximum atomic E-state index is 12.5. The summed E-state index contributed by atoms with van der Waals surface area (Å²) in [5.41, 5.74) is 1.25. The molecule has 0 radical (unpaired) electrons. The molecule has 1 aliphatic rings. The van der Waals surface area contributed by atoms with Crippen LogP contribution in [0.15, 0.2) is 12.3 Å². The first-order valence-electron chi connectivity index (χ1n) is 7.26. The number of nitrogens with zero attached hydrogens (tertiary/aromatic N) is 2. The zero-order chi connectivity index (χ0) is 17.0. The van der Waals surface area contributed by atoms with Gasteiger partial charge in [-0.15, -0.1) is 0 Å². The van der Waals surface area contributed by atoms with Gasteiger partial charge < -0.3 is 20.1 Å². The number of methoxy groups -OCH3 is 1. The van der Waals surface area contributed by atoms with Gasteiger partial charge in [0.2, 0.25) is 5.88 Å². The number of aliphatic hydroxyl groups is 1. The van der Waals surface area contributed by atoms with Crippen molar-refractivity contribution < 1.29 is 23.1 Å².